The molecule has 6 heteroatoms. The summed E-state index contributed by atoms with van der Waals surface area (Å²) < 4.78 is 0. The van der Waals surface area contributed by atoms with Crippen molar-refractivity contribution in [3.63, 3.8) is 0 Å². The predicted molar refractivity (Wildman–Crippen MR) is 97.2 cm³/mol. The summed E-state index contributed by atoms with van der Waals surface area (Å²) in [6.45, 7) is 4.93. The third-order valence-electron chi connectivity index (χ3n) is 3.72. The Hall–Kier alpha value is -3.15. The van der Waals surface area contributed by atoms with Crippen molar-refractivity contribution in [2.24, 2.45) is 0 Å². The Morgan fingerprint density at radius 2 is 1.88 bits per heavy atom. The number of amides is 2. The number of hydrogen-bond acceptors (Lipinski definition) is 3. The maximum absolute atomic E-state index is 12.4. The molecule has 0 aliphatic carbocycles. The van der Waals surface area contributed by atoms with Crippen molar-refractivity contribution in [2.75, 3.05) is 13.1 Å². The Morgan fingerprint density at radius 1 is 1.16 bits per heavy atom. The maximum atomic E-state index is 12.4. The van der Waals surface area contributed by atoms with E-state index in [0.29, 0.717) is 18.7 Å². The van der Waals surface area contributed by atoms with Gasteiger partial charge in [0.25, 0.3) is 5.69 Å². The summed E-state index contributed by atoms with van der Waals surface area (Å²) >= 11 is 0. The Labute approximate surface area is 146 Å². The fourth-order valence-electron chi connectivity index (χ4n) is 2.41. The van der Waals surface area contributed by atoms with E-state index in [1.807, 2.05) is 30.3 Å². The minimum absolute atomic E-state index is 0.0128. The smallest absolute Gasteiger partial charge is 0.317 e. The van der Waals surface area contributed by atoms with Crippen LogP contribution in [0.5, 0.6) is 0 Å². The van der Waals surface area contributed by atoms with Crippen LogP contribution in [-0.2, 0) is 13.0 Å². The Bertz CT molecular complexity index is 732. The van der Waals surface area contributed by atoms with Crippen molar-refractivity contribution in [3.05, 3.63) is 88.5 Å². The highest BCUT2D eigenvalue weighted by Gasteiger charge is 2.12. The monoisotopic (exact) mass is 339 g/mol. The van der Waals surface area contributed by atoms with Crippen LogP contribution in [0.25, 0.3) is 0 Å². The average molecular weight is 339 g/mol. The van der Waals surface area contributed by atoms with E-state index in [1.165, 1.54) is 12.1 Å². The van der Waals surface area contributed by atoms with Gasteiger partial charge in [-0.15, -0.1) is 6.58 Å². The first-order chi connectivity index (χ1) is 12.1. The number of nitro groups is 1. The van der Waals surface area contributed by atoms with Gasteiger partial charge in [0.15, 0.2) is 0 Å². The molecule has 0 heterocycles. The lowest BCUT2D eigenvalue weighted by Crippen LogP contribution is -2.40. The lowest BCUT2D eigenvalue weighted by molar-refractivity contribution is -0.384. The molecule has 0 unspecified atom stereocenters. The van der Waals surface area contributed by atoms with Crippen LogP contribution in [0, 0.1) is 10.1 Å². The molecule has 2 rings (SSSR count). The second kappa shape index (κ2) is 9.22. The number of nitro benzene ring substituents is 1. The summed E-state index contributed by atoms with van der Waals surface area (Å²) in [6, 6.07) is 16.0. The number of carbonyl (C=O) groups is 1. The van der Waals surface area contributed by atoms with Crippen LogP contribution in [0.1, 0.15) is 11.1 Å². The summed E-state index contributed by atoms with van der Waals surface area (Å²) in [5, 5.41) is 13.6. The fourth-order valence-corrected chi connectivity index (χ4v) is 2.41. The van der Waals surface area contributed by atoms with Crippen LogP contribution >= 0.6 is 0 Å². The van der Waals surface area contributed by atoms with Gasteiger partial charge >= 0.3 is 6.03 Å². The zero-order valence-corrected chi connectivity index (χ0v) is 13.9. The molecule has 0 spiro atoms. The summed E-state index contributed by atoms with van der Waals surface area (Å²) in [5.74, 6) is 0. The lowest BCUT2D eigenvalue weighted by atomic mass is 10.1. The van der Waals surface area contributed by atoms with Gasteiger partial charge in [0.05, 0.1) is 4.92 Å². The average Bonchev–Trinajstić information content (AvgIpc) is 2.64. The lowest BCUT2D eigenvalue weighted by Gasteiger charge is -2.21. The van der Waals surface area contributed by atoms with Crippen molar-refractivity contribution in [3.8, 4) is 0 Å². The van der Waals surface area contributed by atoms with Crippen molar-refractivity contribution >= 4 is 11.7 Å². The molecular weight excluding hydrogens is 318 g/mol. The number of nitrogens with zero attached hydrogens (tertiary/aromatic N) is 2. The number of nitrogens with one attached hydrogen (secondary N) is 1. The molecule has 6 nitrogen and oxygen atoms in total. The van der Waals surface area contributed by atoms with Crippen LogP contribution in [0.2, 0.25) is 0 Å². The first-order valence-electron chi connectivity index (χ1n) is 8.01. The number of non-ortho nitro benzene ring substituents is 1. The van der Waals surface area contributed by atoms with Crippen LogP contribution < -0.4 is 5.32 Å². The molecule has 0 radical (unpaired) electrons. The second-order valence-corrected chi connectivity index (χ2v) is 5.56. The molecule has 1 N–H and O–H groups in total. The van der Waals surface area contributed by atoms with Crippen LogP contribution in [0.15, 0.2) is 67.3 Å². The number of urea groups is 1. The third kappa shape index (κ3) is 5.76. The molecule has 25 heavy (non-hydrogen) atoms. The molecule has 0 aromatic heterocycles. The molecule has 0 saturated carbocycles. The zero-order chi connectivity index (χ0) is 18.1. The molecule has 0 aliphatic heterocycles. The maximum Gasteiger partial charge on any atom is 0.317 e. The molecular formula is C19H21N3O3. The second-order valence-electron chi connectivity index (χ2n) is 5.56. The topological polar surface area (TPSA) is 75.5 Å². The van der Waals surface area contributed by atoms with Crippen molar-refractivity contribution in [1.82, 2.24) is 10.2 Å². The third-order valence-corrected chi connectivity index (χ3v) is 3.72. The van der Waals surface area contributed by atoms with E-state index in [2.05, 4.69) is 11.9 Å². The van der Waals surface area contributed by atoms with E-state index in [9.17, 15) is 14.9 Å². The minimum Gasteiger partial charge on any atom is -0.334 e. The van der Waals surface area contributed by atoms with Gasteiger partial charge in [-0.25, -0.2) is 4.79 Å². The number of benzene rings is 2. The zero-order valence-electron chi connectivity index (χ0n) is 13.9. The minimum atomic E-state index is -0.449. The van der Waals surface area contributed by atoms with Crippen LogP contribution in [0.4, 0.5) is 10.5 Å². The Kier molecular flexibility index (Phi) is 6.71. The molecule has 0 atom stereocenters. The largest absolute Gasteiger partial charge is 0.334 e. The molecule has 130 valence electrons. The Morgan fingerprint density at radius 3 is 2.56 bits per heavy atom. The van der Waals surface area contributed by atoms with Gasteiger partial charge in [-0.3, -0.25) is 10.1 Å². The van der Waals surface area contributed by atoms with Crippen molar-refractivity contribution < 1.29 is 9.72 Å². The fraction of sp³-hybridized carbons (Fsp3) is 0.211. The molecule has 2 amide bonds. The van der Waals surface area contributed by atoms with Crippen LogP contribution in [-0.4, -0.2) is 28.9 Å². The van der Waals surface area contributed by atoms with Gasteiger partial charge in [-0.05, 0) is 17.5 Å². The molecule has 0 saturated heterocycles. The van der Waals surface area contributed by atoms with Gasteiger partial charge in [0.2, 0.25) is 0 Å². The molecule has 0 aliphatic rings. The van der Waals surface area contributed by atoms with Crippen LogP contribution in [0.3, 0.4) is 0 Å². The molecule has 2 aromatic carbocycles. The van der Waals surface area contributed by atoms with E-state index in [0.717, 1.165) is 12.0 Å². The first kappa shape index (κ1) is 18.2. The normalized spacial score (nSPS) is 10.1. The van der Waals surface area contributed by atoms with Crippen molar-refractivity contribution in [2.45, 2.75) is 13.0 Å². The van der Waals surface area contributed by atoms with Crippen molar-refractivity contribution in [1.29, 1.82) is 0 Å². The highest BCUT2D eigenvalue weighted by Crippen LogP contribution is 2.13. The SMILES string of the molecule is C=CCN(CCc1ccccc1)C(=O)NCc1cccc([N+](=O)[O-])c1. The Balaban J connectivity index is 1.92. The van der Waals surface area contributed by atoms with Gasteiger partial charge in [0.1, 0.15) is 0 Å². The summed E-state index contributed by atoms with van der Waals surface area (Å²) in [4.78, 5) is 24.4. The summed E-state index contributed by atoms with van der Waals surface area (Å²) in [7, 11) is 0. The van der Waals surface area contributed by atoms with E-state index in [-0.39, 0.29) is 18.3 Å². The predicted octanol–water partition coefficient (Wildman–Crippen LogP) is 3.54. The van der Waals surface area contributed by atoms with E-state index >= 15 is 0 Å². The number of rotatable bonds is 8. The van der Waals surface area contributed by atoms with E-state index in [4.69, 9.17) is 0 Å². The standard InChI is InChI=1S/C19H21N3O3/c1-2-12-21(13-11-16-7-4-3-5-8-16)19(23)20-15-17-9-6-10-18(14-17)22(24)25/h2-10,14H,1,11-13,15H2,(H,20,23). The van der Waals surface area contributed by atoms with Gasteiger partial charge < -0.3 is 10.2 Å². The summed E-state index contributed by atoms with van der Waals surface area (Å²) in [5.41, 5.74) is 1.85. The highest BCUT2D eigenvalue weighted by molar-refractivity contribution is 5.74. The first-order valence-corrected chi connectivity index (χ1v) is 8.01. The molecule has 2 aromatic rings. The highest BCUT2D eigenvalue weighted by atomic mass is 16.6. The van der Waals surface area contributed by atoms with Gasteiger partial charge in [-0.1, -0.05) is 48.5 Å². The number of hydrogen-bond donors (Lipinski definition) is 1. The summed E-state index contributed by atoms with van der Waals surface area (Å²) in [6.07, 6.45) is 2.43. The quantitative estimate of drug-likeness (QED) is 0.454. The molecule has 0 fully saturated rings. The van der Waals surface area contributed by atoms with E-state index in [1.54, 1.807) is 23.1 Å². The number of carbonyl (C=O) groups excluding carboxylic acids is 1. The van der Waals surface area contributed by atoms with Gasteiger partial charge in [0, 0.05) is 31.8 Å². The van der Waals surface area contributed by atoms with Gasteiger partial charge in [-0.2, -0.15) is 0 Å². The van der Waals surface area contributed by atoms with E-state index < -0.39 is 4.92 Å². The molecule has 0 bridgehead atoms.